The van der Waals surface area contributed by atoms with E-state index in [9.17, 15) is 24.5 Å². The second kappa shape index (κ2) is 9.84. The minimum Gasteiger partial charge on any atom is -0.446 e. The van der Waals surface area contributed by atoms with Crippen molar-refractivity contribution in [1.29, 1.82) is 0 Å². The summed E-state index contributed by atoms with van der Waals surface area (Å²) in [5.41, 5.74) is 5.26. The third-order valence-electron chi connectivity index (χ3n) is 4.21. The van der Waals surface area contributed by atoms with Crippen molar-refractivity contribution in [3.05, 3.63) is 74.8 Å². The number of esters is 1. The van der Waals surface area contributed by atoms with Gasteiger partial charge in [0.1, 0.15) is 11.1 Å². The average molecular weight is 434 g/mol. The Morgan fingerprint density at radius 1 is 1.13 bits per heavy atom. The molecule has 0 aliphatic carbocycles. The molecule has 9 nitrogen and oxygen atoms in total. The number of carbonyl (C=O) groups excluding carboxylic acids is 3. The number of nitro groups is 1. The van der Waals surface area contributed by atoms with E-state index in [1.807, 2.05) is 0 Å². The lowest BCUT2D eigenvalue weighted by Gasteiger charge is -2.23. The standard InChI is InChI=1S/C20H20ClN3O6/c1-11(2)16(20(27)30-17(18(22)25)12-6-4-3-5-7-12)23-19(26)13-8-9-14(21)15(10-13)24(28)29/h3-11,16-17H,1-2H3,(H2,22,25)(H,23,26)/t16-,17?/m0/s1. The summed E-state index contributed by atoms with van der Waals surface area (Å²) in [5, 5.41) is 13.4. The van der Waals surface area contributed by atoms with Gasteiger partial charge in [0, 0.05) is 17.2 Å². The summed E-state index contributed by atoms with van der Waals surface area (Å²) in [4.78, 5) is 47.4. The van der Waals surface area contributed by atoms with E-state index in [1.54, 1.807) is 44.2 Å². The van der Waals surface area contributed by atoms with Crippen LogP contribution in [0.15, 0.2) is 48.5 Å². The number of amides is 2. The first-order valence-corrected chi connectivity index (χ1v) is 9.29. The number of nitro benzene ring substituents is 1. The number of rotatable bonds is 8. The van der Waals surface area contributed by atoms with Gasteiger partial charge in [0.2, 0.25) is 6.10 Å². The quantitative estimate of drug-likeness (QED) is 0.372. The van der Waals surface area contributed by atoms with Crippen LogP contribution >= 0.6 is 11.6 Å². The van der Waals surface area contributed by atoms with Crippen LogP contribution in [0.2, 0.25) is 5.02 Å². The minimum atomic E-state index is -1.33. The smallest absolute Gasteiger partial charge is 0.330 e. The normalized spacial score (nSPS) is 12.7. The summed E-state index contributed by atoms with van der Waals surface area (Å²) in [6, 6.07) is 10.6. The molecule has 2 atom stereocenters. The van der Waals surface area contributed by atoms with Crippen LogP contribution in [0.4, 0.5) is 5.69 Å². The number of halogens is 1. The van der Waals surface area contributed by atoms with Crippen LogP contribution in [0.25, 0.3) is 0 Å². The number of nitrogens with zero attached hydrogens (tertiary/aromatic N) is 1. The Morgan fingerprint density at radius 2 is 1.77 bits per heavy atom. The van der Waals surface area contributed by atoms with Gasteiger partial charge < -0.3 is 15.8 Å². The fourth-order valence-electron chi connectivity index (χ4n) is 2.62. The number of nitrogens with two attached hydrogens (primary N) is 1. The maximum atomic E-state index is 12.7. The number of hydrogen-bond acceptors (Lipinski definition) is 6. The number of benzene rings is 2. The van der Waals surface area contributed by atoms with E-state index in [0.29, 0.717) is 5.56 Å². The summed E-state index contributed by atoms with van der Waals surface area (Å²) >= 11 is 5.76. The summed E-state index contributed by atoms with van der Waals surface area (Å²) in [7, 11) is 0. The highest BCUT2D eigenvalue weighted by molar-refractivity contribution is 6.32. The Hall–Kier alpha value is -3.46. The van der Waals surface area contributed by atoms with Crippen LogP contribution in [0.1, 0.15) is 35.9 Å². The van der Waals surface area contributed by atoms with E-state index in [-0.39, 0.29) is 10.6 Å². The van der Waals surface area contributed by atoms with Crippen LogP contribution in [0.5, 0.6) is 0 Å². The van der Waals surface area contributed by atoms with Gasteiger partial charge in [-0.3, -0.25) is 19.7 Å². The van der Waals surface area contributed by atoms with E-state index >= 15 is 0 Å². The molecule has 0 aliphatic rings. The molecule has 0 saturated heterocycles. The van der Waals surface area contributed by atoms with Crippen molar-refractivity contribution in [3.8, 4) is 0 Å². The molecule has 2 amide bonds. The van der Waals surface area contributed by atoms with E-state index in [2.05, 4.69) is 5.32 Å². The molecule has 0 heterocycles. The average Bonchev–Trinajstić information content (AvgIpc) is 2.70. The van der Waals surface area contributed by atoms with Gasteiger partial charge in [-0.15, -0.1) is 0 Å². The first-order chi connectivity index (χ1) is 14.1. The van der Waals surface area contributed by atoms with E-state index in [0.717, 1.165) is 6.07 Å². The second-order valence-corrected chi connectivity index (χ2v) is 7.16. The van der Waals surface area contributed by atoms with Crippen LogP contribution in [0.3, 0.4) is 0 Å². The molecule has 0 fully saturated rings. The van der Waals surface area contributed by atoms with Crippen LogP contribution < -0.4 is 11.1 Å². The van der Waals surface area contributed by atoms with Gasteiger partial charge in [-0.25, -0.2) is 4.79 Å². The fraction of sp³-hybridized carbons (Fsp3) is 0.250. The van der Waals surface area contributed by atoms with Gasteiger partial charge in [0.25, 0.3) is 17.5 Å². The van der Waals surface area contributed by atoms with Gasteiger partial charge in [-0.05, 0) is 18.1 Å². The molecule has 0 aromatic heterocycles. The summed E-state index contributed by atoms with van der Waals surface area (Å²) in [6.07, 6.45) is -1.33. The molecule has 0 spiro atoms. The van der Waals surface area contributed by atoms with Gasteiger partial charge in [0.15, 0.2) is 0 Å². The second-order valence-electron chi connectivity index (χ2n) is 6.75. The van der Waals surface area contributed by atoms with E-state index in [4.69, 9.17) is 22.1 Å². The third kappa shape index (κ3) is 5.54. The topological polar surface area (TPSA) is 142 Å². The maximum absolute atomic E-state index is 12.7. The monoisotopic (exact) mass is 433 g/mol. The van der Waals surface area contributed by atoms with Crippen molar-refractivity contribution in [3.63, 3.8) is 0 Å². The number of carbonyl (C=O) groups is 3. The zero-order chi connectivity index (χ0) is 22.4. The Morgan fingerprint density at radius 3 is 2.30 bits per heavy atom. The number of primary amides is 1. The highest BCUT2D eigenvalue weighted by Gasteiger charge is 2.31. The highest BCUT2D eigenvalue weighted by atomic mass is 35.5. The van der Waals surface area contributed by atoms with Crippen molar-refractivity contribution in [2.45, 2.75) is 26.0 Å². The van der Waals surface area contributed by atoms with E-state index in [1.165, 1.54) is 12.1 Å². The lowest BCUT2D eigenvalue weighted by atomic mass is 10.0. The molecular weight excluding hydrogens is 414 g/mol. The SMILES string of the molecule is CC(C)[C@H](NC(=O)c1ccc(Cl)c([N+](=O)[O-])c1)C(=O)OC(C(N)=O)c1ccccc1. The molecule has 0 bridgehead atoms. The lowest BCUT2D eigenvalue weighted by molar-refractivity contribution is -0.384. The number of nitrogens with one attached hydrogen (secondary N) is 1. The van der Waals surface area contributed by atoms with Crippen molar-refractivity contribution in [2.75, 3.05) is 0 Å². The molecule has 0 saturated carbocycles. The molecule has 2 rings (SSSR count). The number of hydrogen-bond donors (Lipinski definition) is 2. The van der Waals surface area contributed by atoms with Crippen molar-refractivity contribution >= 4 is 35.1 Å². The predicted octanol–water partition coefficient (Wildman–Crippen LogP) is 2.77. The first kappa shape index (κ1) is 22.8. The summed E-state index contributed by atoms with van der Waals surface area (Å²) in [5.74, 6) is -2.88. The molecule has 30 heavy (non-hydrogen) atoms. The van der Waals surface area contributed by atoms with Gasteiger partial charge in [-0.2, -0.15) is 0 Å². The molecule has 3 N–H and O–H groups in total. The minimum absolute atomic E-state index is 0.0564. The van der Waals surface area contributed by atoms with Crippen molar-refractivity contribution in [1.82, 2.24) is 5.32 Å². The van der Waals surface area contributed by atoms with Crippen LogP contribution in [-0.2, 0) is 14.3 Å². The molecule has 0 radical (unpaired) electrons. The lowest BCUT2D eigenvalue weighted by Crippen LogP contribution is -2.46. The van der Waals surface area contributed by atoms with Crippen molar-refractivity contribution < 1.29 is 24.0 Å². The molecule has 0 aliphatic heterocycles. The Kier molecular flexibility index (Phi) is 7.48. The molecular formula is C20H20ClN3O6. The van der Waals surface area contributed by atoms with Gasteiger partial charge >= 0.3 is 5.97 Å². The van der Waals surface area contributed by atoms with E-state index < -0.39 is 46.5 Å². The highest BCUT2D eigenvalue weighted by Crippen LogP contribution is 2.25. The predicted molar refractivity (Wildman–Crippen MR) is 109 cm³/mol. The molecule has 2 aromatic carbocycles. The first-order valence-electron chi connectivity index (χ1n) is 8.91. The molecule has 2 aromatic rings. The number of ether oxygens (including phenoxy) is 1. The van der Waals surface area contributed by atoms with Crippen LogP contribution in [-0.4, -0.2) is 28.7 Å². The zero-order valence-electron chi connectivity index (χ0n) is 16.2. The Labute approximate surface area is 177 Å². The largest absolute Gasteiger partial charge is 0.446 e. The molecule has 158 valence electrons. The third-order valence-corrected chi connectivity index (χ3v) is 4.53. The van der Waals surface area contributed by atoms with Crippen LogP contribution in [0, 0.1) is 16.0 Å². The maximum Gasteiger partial charge on any atom is 0.330 e. The summed E-state index contributed by atoms with van der Waals surface area (Å²) in [6.45, 7) is 3.33. The summed E-state index contributed by atoms with van der Waals surface area (Å²) < 4.78 is 5.28. The fourth-order valence-corrected chi connectivity index (χ4v) is 2.81. The molecule has 1 unspecified atom stereocenters. The zero-order valence-corrected chi connectivity index (χ0v) is 17.0. The van der Waals surface area contributed by atoms with Crippen molar-refractivity contribution in [2.24, 2.45) is 11.7 Å². The molecule has 10 heteroatoms. The Bertz CT molecular complexity index is 964. The Balaban J connectivity index is 2.21. The van der Waals surface area contributed by atoms with Gasteiger partial charge in [-0.1, -0.05) is 55.8 Å². The van der Waals surface area contributed by atoms with Gasteiger partial charge in [0.05, 0.1) is 4.92 Å².